The second kappa shape index (κ2) is 6.91. The Morgan fingerprint density at radius 3 is 2.79 bits per heavy atom. The molecule has 1 amide bonds. The summed E-state index contributed by atoms with van der Waals surface area (Å²) in [7, 11) is 0. The number of hydrogen-bond donors (Lipinski definition) is 2. The average molecular weight is 283 g/mol. The largest absolute Gasteiger partial charge is 0.393 e. The highest BCUT2D eigenvalue weighted by Gasteiger charge is 2.21. The Balaban J connectivity index is 1.73. The van der Waals surface area contributed by atoms with Crippen molar-refractivity contribution in [2.75, 3.05) is 5.75 Å². The molecule has 0 radical (unpaired) electrons. The molecular formula is C14H18FNO2S. The molecule has 104 valence electrons. The Bertz CT molecular complexity index is 424. The molecule has 5 heteroatoms. The minimum Gasteiger partial charge on any atom is -0.393 e. The maximum absolute atomic E-state index is 12.7. The number of carbonyl (C=O) groups excluding carboxylic acids is 1. The van der Waals surface area contributed by atoms with Crippen LogP contribution in [-0.4, -0.2) is 28.9 Å². The Kier molecular flexibility index (Phi) is 5.22. The minimum absolute atomic E-state index is 0.0339. The Hall–Kier alpha value is -1.07. The van der Waals surface area contributed by atoms with Crippen LogP contribution in [0.2, 0.25) is 0 Å². The summed E-state index contributed by atoms with van der Waals surface area (Å²) < 4.78 is 12.7. The summed E-state index contributed by atoms with van der Waals surface area (Å²) in [6, 6.07) is 6.19. The number of thioether (sulfide) groups is 1. The first-order chi connectivity index (χ1) is 9.13. The lowest BCUT2D eigenvalue weighted by Crippen LogP contribution is -2.40. The summed E-state index contributed by atoms with van der Waals surface area (Å²) in [5.74, 6) is 0.0107. The summed E-state index contributed by atoms with van der Waals surface area (Å²) in [4.78, 5) is 12.6. The fourth-order valence-corrected chi connectivity index (χ4v) is 2.95. The third kappa shape index (κ3) is 4.84. The van der Waals surface area contributed by atoms with E-state index < -0.39 is 0 Å². The van der Waals surface area contributed by atoms with Crippen LogP contribution in [0.25, 0.3) is 0 Å². The molecule has 1 aliphatic carbocycles. The molecule has 2 atom stereocenters. The second-order valence-electron chi connectivity index (χ2n) is 4.83. The lowest BCUT2D eigenvalue weighted by atomic mass is 9.93. The number of aliphatic hydroxyl groups is 1. The van der Waals surface area contributed by atoms with E-state index in [1.165, 1.54) is 23.9 Å². The number of nitrogens with one attached hydrogen (secondary N) is 1. The van der Waals surface area contributed by atoms with E-state index in [1.807, 2.05) is 0 Å². The van der Waals surface area contributed by atoms with Gasteiger partial charge in [-0.3, -0.25) is 4.79 Å². The maximum atomic E-state index is 12.7. The van der Waals surface area contributed by atoms with Crippen molar-refractivity contribution in [2.45, 2.75) is 42.7 Å². The lowest BCUT2D eigenvalue weighted by molar-refractivity contribution is -0.119. The molecule has 1 saturated carbocycles. The van der Waals surface area contributed by atoms with Crippen molar-refractivity contribution >= 4 is 17.7 Å². The SMILES string of the molecule is O=C(CSc1ccc(F)cc1)N[C@H]1CCC[C@H](O)C1. The van der Waals surface area contributed by atoms with Crippen LogP contribution in [0.1, 0.15) is 25.7 Å². The molecular weight excluding hydrogens is 265 g/mol. The number of hydrogen-bond acceptors (Lipinski definition) is 3. The average Bonchev–Trinajstić information content (AvgIpc) is 2.38. The zero-order chi connectivity index (χ0) is 13.7. The van der Waals surface area contributed by atoms with Crippen LogP contribution in [-0.2, 0) is 4.79 Å². The molecule has 1 aliphatic rings. The molecule has 0 heterocycles. The molecule has 1 fully saturated rings. The van der Waals surface area contributed by atoms with Crippen molar-refractivity contribution in [3.63, 3.8) is 0 Å². The zero-order valence-electron chi connectivity index (χ0n) is 10.6. The summed E-state index contributed by atoms with van der Waals surface area (Å²) in [6.45, 7) is 0. The van der Waals surface area contributed by atoms with E-state index in [4.69, 9.17) is 0 Å². The van der Waals surface area contributed by atoms with Gasteiger partial charge in [0.05, 0.1) is 11.9 Å². The summed E-state index contributed by atoms with van der Waals surface area (Å²) in [5.41, 5.74) is 0. The van der Waals surface area contributed by atoms with Gasteiger partial charge in [0.2, 0.25) is 5.91 Å². The van der Waals surface area contributed by atoms with Crippen LogP contribution in [0.15, 0.2) is 29.2 Å². The molecule has 1 aromatic rings. The van der Waals surface area contributed by atoms with E-state index in [-0.39, 0.29) is 23.9 Å². The van der Waals surface area contributed by atoms with Gasteiger partial charge < -0.3 is 10.4 Å². The van der Waals surface area contributed by atoms with Gasteiger partial charge in [-0.05, 0) is 49.9 Å². The monoisotopic (exact) mass is 283 g/mol. The molecule has 3 nitrogen and oxygen atoms in total. The predicted octanol–water partition coefficient (Wildman–Crippen LogP) is 2.34. The van der Waals surface area contributed by atoms with Crippen LogP contribution in [0, 0.1) is 5.82 Å². The summed E-state index contributed by atoms with van der Waals surface area (Å²) in [5, 5.41) is 12.5. The van der Waals surface area contributed by atoms with Gasteiger partial charge in [-0.1, -0.05) is 0 Å². The molecule has 0 saturated heterocycles. The van der Waals surface area contributed by atoms with Crippen molar-refractivity contribution in [3.8, 4) is 0 Å². The number of carbonyl (C=O) groups is 1. The van der Waals surface area contributed by atoms with Gasteiger partial charge in [0, 0.05) is 10.9 Å². The third-order valence-electron chi connectivity index (χ3n) is 3.20. The molecule has 19 heavy (non-hydrogen) atoms. The zero-order valence-corrected chi connectivity index (χ0v) is 11.5. The van der Waals surface area contributed by atoms with Gasteiger partial charge in [-0.2, -0.15) is 0 Å². The van der Waals surface area contributed by atoms with E-state index in [2.05, 4.69) is 5.32 Å². The van der Waals surface area contributed by atoms with Gasteiger partial charge in [0.1, 0.15) is 5.82 Å². The number of halogens is 1. The molecule has 0 unspecified atom stereocenters. The van der Waals surface area contributed by atoms with Gasteiger partial charge in [0.25, 0.3) is 0 Å². The first-order valence-corrected chi connectivity index (χ1v) is 7.48. The molecule has 0 bridgehead atoms. The molecule has 2 rings (SSSR count). The minimum atomic E-state index is -0.288. The van der Waals surface area contributed by atoms with Crippen LogP contribution >= 0.6 is 11.8 Å². The third-order valence-corrected chi connectivity index (χ3v) is 4.21. The molecule has 0 spiro atoms. The molecule has 2 N–H and O–H groups in total. The van der Waals surface area contributed by atoms with Crippen molar-refractivity contribution in [2.24, 2.45) is 0 Å². The highest BCUT2D eigenvalue weighted by Crippen LogP contribution is 2.20. The Morgan fingerprint density at radius 1 is 1.37 bits per heavy atom. The van der Waals surface area contributed by atoms with Crippen molar-refractivity contribution in [1.82, 2.24) is 5.32 Å². The first-order valence-electron chi connectivity index (χ1n) is 6.49. The van der Waals surface area contributed by atoms with E-state index in [9.17, 15) is 14.3 Å². The van der Waals surface area contributed by atoms with E-state index >= 15 is 0 Å². The lowest BCUT2D eigenvalue weighted by Gasteiger charge is -2.26. The van der Waals surface area contributed by atoms with Gasteiger partial charge in [-0.25, -0.2) is 4.39 Å². The van der Waals surface area contributed by atoms with E-state index in [0.29, 0.717) is 12.2 Å². The summed E-state index contributed by atoms with van der Waals surface area (Å²) in [6.07, 6.45) is 3.08. The maximum Gasteiger partial charge on any atom is 0.230 e. The quantitative estimate of drug-likeness (QED) is 0.834. The van der Waals surface area contributed by atoms with Crippen LogP contribution < -0.4 is 5.32 Å². The molecule has 1 aromatic carbocycles. The second-order valence-corrected chi connectivity index (χ2v) is 5.88. The summed E-state index contributed by atoms with van der Waals surface area (Å²) >= 11 is 1.39. The number of aliphatic hydroxyl groups excluding tert-OH is 1. The van der Waals surface area contributed by atoms with Crippen molar-refractivity contribution in [3.05, 3.63) is 30.1 Å². The standard InChI is InChI=1S/C14H18FNO2S/c15-10-4-6-13(7-5-10)19-9-14(18)16-11-2-1-3-12(17)8-11/h4-7,11-12,17H,1-3,8-9H2,(H,16,18)/t11-,12-/m0/s1. The molecule has 0 aromatic heterocycles. The predicted molar refractivity (Wildman–Crippen MR) is 73.5 cm³/mol. The van der Waals surface area contributed by atoms with Crippen molar-refractivity contribution < 1.29 is 14.3 Å². The highest BCUT2D eigenvalue weighted by molar-refractivity contribution is 8.00. The Morgan fingerprint density at radius 2 is 2.11 bits per heavy atom. The van der Waals surface area contributed by atoms with E-state index in [1.54, 1.807) is 12.1 Å². The van der Waals surface area contributed by atoms with Crippen LogP contribution in [0.3, 0.4) is 0 Å². The highest BCUT2D eigenvalue weighted by atomic mass is 32.2. The van der Waals surface area contributed by atoms with Gasteiger partial charge in [0.15, 0.2) is 0 Å². The number of benzene rings is 1. The molecule has 0 aliphatic heterocycles. The Labute approximate surface area is 116 Å². The fraction of sp³-hybridized carbons (Fsp3) is 0.500. The van der Waals surface area contributed by atoms with Crippen LogP contribution in [0.4, 0.5) is 4.39 Å². The van der Waals surface area contributed by atoms with Crippen LogP contribution in [0.5, 0.6) is 0 Å². The normalized spacial score (nSPS) is 23.1. The van der Waals surface area contributed by atoms with Crippen molar-refractivity contribution in [1.29, 1.82) is 0 Å². The van der Waals surface area contributed by atoms with E-state index in [0.717, 1.165) is 24.2 Å². The first kappa shape index (κ1) is 14.3. The number of rotatable bonds is 4. The topological polar surface area (TPSA) is 49.3 Å². The number of amides is 1. The van der Waals surface area contributed by atoms with Gasteiger partial charge in [-0.15, -0.1) is 11.8 Å². The smallest absolute Gasteiger partial charge is 0.230 e. The van der Waals surface area contributed by atoms with Gasteiger partial charge >= 0.3 is 0 Å². The fourth-order valence-electron chi connectivity index (χ4n) is 2.24.